The molecule has 0 aromatic heterocycles. The van der Waals surface area contributed by atoms with Gasteiger partial charge >= 0.3 is 12.1 Å². The first-order valence-electron chi connectivity index (χ1n) is 6.87. The van der Waals surface area contributed by atoms with Gasteiger partial charge in [-0.2, -0.15) is 13.2 Å². The molecule has 19 heavy (non-hydrogen) atoms. The zero-order chi connectivity index (χ0) is 14.7. The molecule has 0 heterocycles. The molecule has 2 N–H and O–H groups in total. The number of carbonyl (C=O) groups is 1. The van der Waals surface area contributed by atoms with E-state index in [-0.39, 0.29) is 12.6 Å². The molecule has 1 unspecified atom stereocenters. The molecule has 0 amide bonds. The Hall–Kier alpha value is -0.780. The van der Waals surface area contributed by atoms with Crippen LogP contribution in [0.3, 0.4) is 0 Å². The van der Waals surface area contributed by atoms with E-state index in [9.17, 15) is 18.0 Å². The van der Waals surface area contributed by atoms with E-state index in [1.54, 1.807) is 0 Å². The largest absolute Gasteiger partial charge is 0.490 e. The van der Waals surface area contributed by atoms with Crippen molar-refractivity contribution in [2.45, 2.75) is 70.5 Å². The lowest BCUT2D eigenvalue weighted by molar-refractivity contribution is -0.199. The quantitative estimate of drug-likeness (QED) is 0.492. The van der Waals surface area contributed by atoms with Crippen LogP contribution in [0.2, 0.25) is 0 Å². The molecule has 6 heteroatoms. The van der Waals surface area contributed by atoms with Crippen molar-refractivity contribution in [2.24, 2.45) is 5.73 Å². The minimum Gasteiger partial charge on any atom is -0.459 e. The molecule has 0 spiro atoms. The first-order valence-corrected chi connectivity index (χ1v) is 6.87. The van der Waals surface area contributed by atoms with Crippen LogP contribution in [0.15, 0.2) is 0 Å². The predicted molar refractivity (Wildman–Crippen MR) is 67.6 cm³/mol. The maximum Gasteiger partial charge on any atom is 0.490 e. The number of hydrogen-bond acceptors (Lipinski definition) is 3. The van der Waals surface area contributed by atoms with Gasteiger partial charge in [0.15, 0.2) is 0 Å². The molecule has 0 saturated carbocycles. The van der Waals surface area contributed by atoms with E-state index in [1.807, 2.05) is 0 Å². The molecule has 0 aliphatic rings. The van der Waals surface area contributed by atoms with Crippen LogP contribution in [0.1, 0.15) is 58.3 Å². The van der Waals surface area contributed by atoms with Gasteiger partial charge in [-0.05, 0) is 19.3 Å². The van der Waals surface area contributed by atoms with Gasteiger partial charge in [-0.1, -0.05) is 39.0 Å². The lowest BCUT2D eigenvalue weighted by Crippen LogP contribution is -2.25. The molecule has 0 aromatic carbocycles. The molecule has 0 bridgehead atoms. The van der Waals surface area contributed by atoms with Crippen molar-refractivity contribution in [2.75, 3.05) is 6.61 Å². The van der Waals surface area contributed by atoms with Gasteiger partial charge in [0.2, 0.25) is 0 Å². The summed E-state index contributed by atoms with van der Waals surface area (Å²) in [4.78, 5) is 10.4. The van der Waals surface area contributed by atoms with Crippen molar-refractivity contribution in [3.8, 4) is 0 Å². The fourth-order valence-corrected chi connectivity index (χ4v) is 1.67. The van der Waals surface area contributed by atoms with Gasteiger partial charge in [0.25, 0.3) is 0 Å². The van der Waals surface area contributed by atoms with E-state index in [1.165, 1.54) is 0 Å². The summed E-state index contributed by atoms with van der Waals surface area (Å²) in [6, 6.07) is 0.279. The summed E-state index contributed by atoms with van der Waals surface area (Å²) in [5.74, 6) is -2.10. The minimum atomic E-state index is -4.88. The van der Waals surface area contributed by atoms with Gasteiger partial charge in [-0.15, -0.1) is 0 Å². The Bertz CT molecular complexity index is 245. The standard InChI is InChI=1S/C13H24F3NO2/c1-2-11(17)9-7-5-3-4-6-8-10-19-12(18)13(14,15)16/h11H,2-10,17H2,1H3. The smallest absolute Gasteiger partial charge is 0.459 e. The first-order chi connectivity index (χ1) is 8.88. The van der Waals surface area contributed by atoms with E-state index in [2.05, 4.69) is 11.7 Å². The number of halogens is 3. The zero-order valence-corrected chi connectivity index (χ0v) is 11.5. The lowest BCUT2D eigenvalue weighted by atomic mass is 10.0. The Morgan fingerprint density at radius 3 is 2.16 bits per heavy atom. The van der Waals surface area contributed by atoms with Crippen molar-refractivity contribution >= 4 is 5.97 Å². The maximum atomic E-state index is 11.8. The van der Waals surface area contributed by atoms with Crippen LogP contribution in [0.5, 0.6) is 0 Å². The number of alkyl halides is 3. The summed E-state index contributed by atoms with van der Waals surface area (Å²) in [6.45, 7) is 1.91. The second-order valence-corrected chi connectivity index (χ2v) is 4.71. The van der Waals surface area contributed by atoms with E-state index in [4.69, 9.17) is 5.73 Å². The highest BCUT2D eigenvalue weighted by Crippen LogP contribution is 2.16. The van der Waals surface area contributed by atoms with E-state index >= 15 is 0 Å². The molecular weight excluding hydrogens is 259 g/mol. The molecule has 0 aliphatic heterocycles. The molecule has 0 aromatic rings. The number of unbranched alkanes of at least 4 members (excludes halogenated alkanes) is 5. The zero-order valence-electron chi connectivity index (χ0n) is 11.5. The van der Waals surface area contributed by atoms with Gasteiger partial charge in [0.05, 0.1) is 6.61 Å². The summed E-state index contributed by atoms with van der Waals surface area (Å²) >= 11 is 0. The van der Waals surface area contributed by atoms with Crippen LogP contribution in [-0.4, -0.2) is 24.8 Å². The second-order valence-electron chi connectivity index (χ2n) is 4.71. The fraction of sp³-hybridized carbons (Fsp3) is 0.923. The topological polar surface area (TPSA) is 52.3 Å². The molecule has 0 rings (SSSR count). The highest BCUT2D eigenvalue weighted by molar-refractivity contribution is 5.75. The first kappa shape index (κ1) is 18.2. The van der Waals surface area contributed by atoms with Crippen molar-refractivity contribution < 1.29 is 22.7 Å². The number of nitrogens with two attached hydrogens (primary N) is 1. The Kier molecular flexibility index (Phi) is 9.65. The van der Waals surface area contributed by atoms with Crippen LogP contribution < -0.4 is 5.73 Å². The minimum absolute atomic E-state index is 0.154. The highest BCUT2D eigenvalue weighted by Gasteiger charge is 2.40. The Morgan fingerprint density at radius 1 is 1.11 bits per heavy atom. The van der Waals surface area contributed by atoms with Crippen molar-refractivity contribution in [1.82, 2.24) is 0 Å². The fourth-order valence-electron chi connectivity index (χ4n) is 1.67. The summed E-state index contributed by atoms with van der Waals surface area (Å²) in [5.41, 5.74) is 5.78. The SMILES string of the molecule is CCC(N)CCCCCCCCOC(=O)C(F)(F)F. The van der Waals surface area contributed by atoms with E-state index in [0.717, 1.165) is 44.9 Å². The van der Waals surface area contributed by atoms with E-state index < -0.39 is 12.1 Å². The summed E-state index contributed by atoms with van der Waals surface area (Å²) in [5, 5.41) is 0. The summed E-state index contributed by atoms with van der Waals surface area (Å²) in [7, 11) is 0. The summed E-state index contributed by atoms with van der Waals surface area (Å²) in [6.07, 6.45) is 2.59. The average Bonchev–Trinajstić information content (AvgIpc) is 2.34. The maximum absolute atomic E-state index is 11.8. The Balaban J connectivity index is 3.26. The van der Waals surface area contributed by atoms with Gasteiger partial charge in [0, 0.05) is 6.04 Å². The molecule has 0 aliphatic carbocycles. The third kappa shape index (κ3) is 10.8. The molecule has 114 valence electrons. The van der Waals surface area contributed by atoms with Crippen LogP contribution in [-0.2, 0) is 9.53 Å². The predicted octanol–water partition coefficient (Wildman–Crippen LogP) is 3.56. The normalized spacial score (nSPS) is 13.3. The van der Waals surface area contributed by atoms with Gasteiger partial charge in [-0.25, -0.2) is 4.79 Å². The molecule has 3 nitrogen and oxygen atoms in total. The van der Waals surface area contributed by atoms with Crippen LogP contribution >= 0.6 is 0 Å². The van der Waals surface area contributed by atoms with Crippen molar-refractivity contribution in [3.05, 3.63) is 0 Å². The third-order valence-corrected chi connectivity index (χ3v) is 2.96. The molecule has 0 fully saturated rings. The van der Waals surface area contributed by atoms with Crippen LogP contribution in [0.25, 0.3) is 0 Å². The van der Waals surface area contributed by atoms with Crippen LogP contribution in [0.4, 0.5) is 13.2 Å². The van der Waals surface area contributed by atoms with Crippen molar-refractivity contribution in [3.63, 3.8) is 0 Å². The second kappa shape index (κ2) is 10.1. The van der Waals surface area contributed by atoms with Crippen molar-refractivity contribution in [1.29, 1.82) is 0 Å². The monoisotopic (exact) mass is 283 g/mol. The Labute approximate surface area is 112 Å². The molecule has 1 atom stereocenters. The summed E-state index contributed by atoms with van der Waals surface area (Å²) < 4.78 is 39.4. The number of esters is 1. The third-order valence-electron chi connectivity index (χ3n) is 2.96. The number of rotatable bonds is 10. The van der Waals surface area contributed by atoms with Gasteiger partial charge in [0.1, 0.15) is 0 Å². The van der Waals surface area contributed by atoms with Gasteiger partial charge < -0.3 is 10.5 Å². The highest BCUT2D eigenvalue weighted by atomic mass is 19.4. The molecule has 0 radical (unpaired) electrons. The number of carbonyl (C=O) groups excluding carboxylic acids is 1. The van der Waals surface area contributed by atoms with Gasteiger partial charge in [-0.3, -0.25) is 0 Å². The van der Waals surface area contributed by atoms with Crippen LogP contribution in [0, 0.1) is 0 Å². The number of ether oxygens (including phenoxy) is 1. The molecule has 0 saturated heterocycles. The lowest BCUT2D eigenvalue weighted by Gasteiger charge is -2.08. The number of hydrogen-bond donors (Lipinski definition) is 1. The van der Waals surface area contributed by atoms with E-state index in [0.29, 0.717) is 6.42 Å². The average molecular weight is 283 g/mol. The molecular formula is C13H24F3NO2. The Morgan fingerprint density at radius 2 is 1.63 bits per heavy atom.